The summed E-state index contributed by atoms with van der Waals surface area (Å²) in [5.41, 5.74) is -4.83. The summed E-state index contributed by atoms with van der Waals surface area (Å²) in [7, 11) is 0. The van der Waals surface area contributed by atoms with E-state index in [1.807, 2.05) is 0 Å². The second kappa shape index (κ2) is 14.7. The van der Waals surface area contributed by atoms with Crippen molar-refractivity contribution in [2.75, 3.05) is 16.4 Å². The van der Waals surface area contributed by atoms with E-state index in [9.17, 15) is 49.5 Å². The van der Waals surface area contributed by atoms with Gasteiger partial charge in [0, 0.05) is 21.7 Å². The van der Waals surface area contributed by atoms with Crippen LogP contribution in [0.3, 0.4) is 0 Å². The predicted octanol–water partition coefficient (Wildman–Crippen LogP) is 8.19. The average molecular weight is 700 g/mol. The van der Waals surface area contributed by atoms with Gasteiger partial charge >= 0.3 is 6.18 Å². The molecule has 0 unspecified atom stereocenters. The summed E-state index contributed by atoms with van der Waals surface area (Å²) in [5.74, 6) is -14.6. The molecule has 0 aromatic heterocycles. The topological polar surface area (TPSA) is 87.3 Å². The van der Waals surface area contributed by atoms with Crippen molar-refractivity contribution in [2.45, 2.75) is 11.1 Å². The maximum absolute atomic E-state index is 14.5. The van der Waals surface area contributed by atoms with Gasteiger partial charge < -0.3 is 16.0 Å². The summed E-state index contributed by atoms with van der Waals surface area (Å²) < 4.78 is 109. The highest BCUT2D eigenvalue weighted by atomic mass is 35.5. The number of halogens is 9. The molecule has 0 heterocycles. The molecule has 4 aromatic rings. The van der Waals surface area contributed by atoms with Crippen molar-refractivity contribution in [3.05, 3.63) is 129 Å². The van der Waals surface area contributed by atoms with Crippen LogP contribution in [0, 0.1) is 29.1 Å². The number of benzene rings is 4. The van der Waals surface area contributed by atoms with Crippen molar-refractivity contribution >= 4 is 58.5 Å². The van der Waals surface area contributed by atoms with Gasteiger partial charge in [0.15, 0.2) is 23.3 Å². The van der Waals surface area contributed by atoms with Crippen molar-refractivity contribution in [1.82, 2.24) is 5.32 Å². The van der Waals surface area contributed by atoms with Crippen LogP contribution in [-0.4, -0.2) is 23.5 Å². The summed E-state index contributed by atoms with van der Waals surface area (Å²) in [6.45, 7) is 0. The number of rotatable bonds is 9. The fourth-order valence-corrected chi connectivity index (χ4v) is 4.88. The Labute approximate surface area is 269 Å². The molecule has 0 fully saturated rings. The number of nitrogens with one attached hydrogen (secondary N) is 3. The lowest BCUT2D eigenvalue weighted by Crippen LogP contribution is -2.30. The van der Waals surface area contributed by atoms with Crippen LogP contribution in [0.25, 0.3) is 6.08 Å². The lowest BCUT2D eigenvalue weighted by molar-refractivity contribution is -0.143. The average Bonchev–Trinajstić information content (AvgIpc) is 3.02. The highest BCUT2D eigenvalue weighted by Gasteiger charge is 2.42. The van der Waals surface area contributed by atoms with E-state index in [1.165, 1.54) is 53.8 Å². The minimum Gasteiger partial charge on any atom is -0.321 e. The summed E-state index contributed by atoms with van der Waals surface area (Å²) in [5, 5.41) is 6.37. The number of carbonyl (C=O) groups is 3. The predicted molar refractivity (Wildman–Crippen MR) is 159 cm³/mol. The molecule has 0 bridgehead atoms. The molecule has 0 atom stereocenters. The molecule has 4 aromatic carbocycles. The zero-order valence-electron chi connectivity index (χ0n) is 23.2. The van der Waals surface area contributed by atoms with Gasteiger partial charge in [0.2, 0.25) is 5.91 Å². The SMILES string of the molecule is O=C(CSc1cccc(NC(=O)/C(=C\c2c(F)cccc2Cl)NC(=O)c2ccccc2)c1)Nc1c(F)c(F)c(C(F)(F)F)c(F)c1F. The van der Waals surface area contributed by atoms with Crippen molar-refractivity contribution in [3.8, 4) is 0 Å². The van der Waals surface area contributed by atoms with Crippen LogP contribution in [0.5, 0.6) is 0 Å². The van der Waals surface area contributed by atoms with Crippen LogP contribution < -0.4 is 16.0 Å². The number of carbonyl (C=O) groups excluding carboxylic acids is 3. The van der Waals surface area contributed by atoms with Gasteiger partial charge in [0.25, 0.3) is 11.8 Å². The Balaban J connectivity index is 1.50. The van der Waals surface area contributed by atoms with Crippen LogP contribution in [0.2, 0.25) is 5.02 Å². The van der Waals surface area contributed by atoms with E-state index in [0.29, 0.717) is 11.8 Å². The third kappa shape index (κ3) is 8.48. The monoisotopic (exact) mass is 699 g/mol. The molecule has 0 saturated heterocycles. The maximum Gasteiger partial charge on any atom is 0.422 e. The summed E-state index contributed by atoms with van der Waals surface area (Å²) in [6, 6.07) is 17.2. The molecule has 244 valence electrons. The molecule has 47 heavy (non-hydrogen) atoms. The van der Waals surface area contributed by atoms with Crippen molar-refractivity contribution < 1.29 is 49.5 Å². The molecule has 0 saturated carbocycles. The molecular formula is C31H18ClF8N3O3S. The van der Waals surface area contributed by atoms with Crippen LogP contribution in [0.4, 0.5) is 46.5 Å². The lowest BCUT2D eigenvalue weighted by atomic mass is 10.1. The van der Waals surface area contributed by atoms with E-state index >= 15 is 0 Å². The minimum absolute atomic E-state index is 0.0533. The molecule has 4 rings (SSSR count). The second-order valence-electron chi connectivity index (χ2n) is 9.34. The summed E-state index contributed by atoms with van der Waals surface area (Å²) in [6.07, 6.45) is -4.72. The van der Waals surface area contributed by atoms with Crippen LogP contribution in [-0.2, 0) is 15.8 Å². The number of alkyl halides is 3. The first-order valence-electron chi connectivity index (χ1n) is 13.0. The summed E-state index contributed by atoms with van der Waals surface area (Å²) >= 11 is 6.81. The fourth-order valence-electron chi connectivity index (χ4n) is 3.91. The molecule has 3 amide bonds. The number of thioether (sulfide) groups is 1. The Morgan fingerprint density at radius 1 is 0.787 bits per heavy atom. The van der Waals surface area contributed by atoms with Gasteiger partial charge in [-0.1, -0.05) is 41.9 Å². The first kappa shape index (κ1) is 35.0. The number of hydrogen-bond acceptors (Lipinski definition) is 4. The van der Waals surface area contributed by atoms with E-state index in [4.69, 9.17) is 11.6 Å². The molecule has 0 aliphatic rings. The van der Waals surface area contributed by atoms with Gasteiger partial charge in [-0.15, -0.1) is 11.8 Å². The van der Waals surface area contributed by atoms with Crippen molar-refractivity contribution in [3.63, 3.8) is 0 Å². The Kier molecular flexibility index (Phi) is 10.9. The molecule has 0 aliphatic heterocycles. The molecular weight excluding hydrogens is 682 g/mol. The zero-order chi connectivity index (χ0) is 34.5. The van der Waals surface area contributed by atoms with Gasteiger partial charge in [-0.3, -0.25) is 14.4 Å². The van der Waals surface area contributed by atoms with Gasteiger partial charge in [0.05, 0.1) is 10.8 Å². The Hall–Kier alpha value is -4.89. The first-order chi connectivity index (χ1) is 22.2. The Morgan fingerprint density at radius 2 is 1.43 bits per heavy atom. The molecule has 16 heteroatoms. The van der Waals surface area contributed by atoms with E-state index in [1.54, 1.807) is 18.2 Å². The Morgan fingerprint density at radius 3 is 2.04 bits per heavy atom. The van der Waals surface area contributed by atoms with Crippen LogP contribution in [0.15, 0.2) is 83.4 Å². The number of amides is 3. The van der Waals surface area contributed by atoms with Gasteiger partial charge in [-0.2, -0.15) is 13.2 Å². The van der Waals surface area contributed by atoms with Gasteiger partial charge in [-0.05, 0) is 48.5 Å². The normalized spacial score (nSPS) is 11.6. The molecule has 3 N–H and O–H groups in total. The van der Waals surface area contributed by atoms with Gasteiger partial charge in [0.1, 0.15) is 22.8 Å². The van der Waals surface area contributed by atoms with E-state index in [-0.39, 0.29) is 26.7 Å². The first-order valence-corrected chi connectivity index (χ1v) is 14.3. The van der Waals surface area contributed by atoms with E-state index in [2.05, 4.69) is 10.6 Å². The highest BCUT2D eigenvalue weighted by Crippen LogP contribution is 2.38. The fraction of sp³-hybridized carbons (Fsp3) is 0.0645. The number of hydrogen-bond donors (Lipinski definition) is 3. The lowest BCUT2D eigenvalue weighted by Gasteiger charge is -2.14. The quantitative estimate of drug-likeness (QED) is 0.0712. The Bertz CT molecular complexity index is 1840. The third-order valence-electron chi connectivity index (χ3n) is 6.09. The highest BCUT2D eigenvalue weighted by molar-refractivity contribution is 8.00. The van der Waals surface area contributed by atoms with Crippen molar-refractivity contribution in [1.29, 1.82) is 0 Å². The smallest absolute Gasteiger partial charge is 0.321 e. The zero-order valence-corrected chi connectivity index (χ0v) is 24.8. The van der Waals surface area contributed by atoms with E-state index < -0.39 is 75.7 Å². The molecule has 0 aliphatic carbocycles. The molecule has 0 spiro atoms. The summed E-state index contributed by atoms with van der Waals surface area (Å²) in [4.78, 5) is 38.6. The standard InChI is InChI=1S/C31H18ClF8N3O3S/c32-19-10-5-11-20(33)18(19)13-21(42-29(45)15-6-2-1-3-7-15)30(46)41-16-8-4-9-17(12-16)47-14-22(44)43-28-26(36)24(34)23(31(38,39)40)25(35)27(28)37/h1-13H,14H2,(H,41,46)(H,42,45)(H,43,44)/b21-13+. The van der Waals surface area contributed by atoms with Crippen molar-refractivity contribution in [2.24, 2.45) is 0 Å². The van der Waals surface area contributed by atoms with Crippen LogP contribution >= 0.6 is 23.4 Å². The minimum atomic E-state index is -5.75. The largest absolute Gasteiger partial charge is 0.422 e. The molecule has 6 nitrogen and oxygen atoms in total. The van der Waals surface area contributed by atoms with Crippen LogP contribution in [0.1, 0.15) is 21.5 Å². The second-order valence-corrected chi connectivity index (χ2v) is 10.8. The molecule has 0 radical (unpaired) electrons. The number of anilines is 2. The third-order valence-corrected chi connectivity index (χ3v) is 7.41. The van der Waals surface area contributed by atoms with E-state index in [0.717, 1.165) is 12.1 Å². The van der Waals surface area contributed by atoms with Gasteiger partial charge in [-0.25, -0.2) is 22.0 Å². The maximum atomic E-state index is 14.5.